The van der Waals surface area contributed by atoms with Crippen LogP contribution < -0.4 is 0 Å². The maximum Gasteiger partial charge on any atom is 0.154 e. The summed E-state index contributed by atoms with van der Waals surface area (Å²) < 4.78 is 56.6. The van der Waals surface area contributed by atoms with Crippen molar-refractivity contribution in [1.29, 1.82) is 0 Å². The second kappa shape index (κ2) is 45.1. The molecular weight excluding hydrogens is 1020 g/mol. The van der Waals surface area contributed by atoms with Gasteiger partial charge in [0.15, 0.2) is 12.6 Å². The third kappa shape index (κ3) is 41.7. The van der Waals surface area contributed by atoms with Crippen LogP contribution in [0.15, 0.2) is 84.0 Å². The van der Waals surface area contributed by atoms with Gasteiger partial charge in [-0.05, 0) is 217 Å². The van der Waals surface area contributed by atoms with Crippen LogP contribution in [-0.4, -0.2) is 64.4 Å². The lowest BCUT2D eigenvalue weighted by atomic mass is 9.84. The molecule has 0 aromatic heterocycles. The van der Waals surface area contributed by atoms with Crippen LogP contribution in [0.5, 0.6) is 0 Å². The van der Waals surface area contributed by atoms with Crippen LogP contribution in [0.4, 0.5) is 8.78 Å². The van der Waals surface area contributed by atoms with Gasteiger partial charge in [0, 0.05) is 25.0 Å². The van der Waals surface area contributed by atoms with E-state index in [2.05, 4.69) is 133 Å². The summed E-state index contributed by atoms with van der Waals surface area (Å²) in [6.07, 6.45) is 25.0. The molecule has 8 heteroatoms. The maximum atomic E-state index is 12.6. The molecule has 4 aliphatic heterocycles. The molecule has 3 aromatic carbocycles. The second-order valence-corrected chi connectivity index (χ2v) is 26.2. The average molecular weight is 1150 g/mol. The Morgan fingerprint density at radius 1 is 0.305 bits per heavy atom. The quantitative estimate of drug-likeness (QED) is 0.209. The van der Waals surface area contributed by atoms with Crippen molar-refractivity contribution in [3.8, 4) is 0 Å². The first-order valence-electron chi connectivity index (χ1n) is 32.2. The van der Waals surface area contributed by atoms with Gasteiger partial charge in [-0.3, -0.25) is 0 Å². The van der Waals surface area contributed by atoms with Gasteiger partial charge in [0.1, 0.15) is 11.6 Å². The Bertz CT molecular complexity index is 1810. The van der Waals surface area contributed by atoms with Gasteiger partial charge in [-0.1, -0.05) is 164 Å². The minimum absolute atomic E-state index is 0.0196. The van der Waals surface area contributed by atoms with E-state index in [1.54, 1.807) is 37.1 Å². The molecular formula is C74H124F2O6. The van der Waals surface area contributed by atoms with Crippen LogP contribution in [-0.2, 0) is 28.4 Å². The molecule has 1 saturated carbocycles. The monoisotopic (exact) mass is 1150 g/mol. The highest BCUT2D eigenvalue weighted by Crippen LogP contribution is 2.27. The van der Waals surface area contributed by atoms with Crippen molar-refractivity contribution < 1.29 is 37.2 Å². The molecule has 4 saturated heterocycles. The van der Waals surface area contributed by atoms with E-state index < -0.39 is 0 Å². The highest BCUT2D eigenvalue weighted by atomic mass is 19.1. The molecule has 0 bridgehead atoms. The fourth-order valence-corrected chi connectivity index (χ4v) is 9.07. The number of aryl methyl sites for hydroxylation is 6. The van der Waals surface area contributed by atoms with Crippen LogP contribution in [0.3, 0.4) is 0 Å². The molecule has 6 atom stereocenters. The van der Waals surface area contributed by atoms with Gasteiger partial charge in [-0.2, -0.15) is 0 Å². The van der Waals surface area contributed by atoms with Gasteiger partial charge in [0.2, 0.25) is 0 Å². The molecule has 4 heterocycles. The van der Waals surface area contributed by atoms with Crippen molar-refractivity contribution in [1.82, 2.24) is 0 Å². The lowest BCUT2D eigenvalue weighted by Gasteiger charge is -2.24. The Balaban J connectivity index is 0.000000456. The maximum absolute atomic E-state index is 12.6. The Hall–Kier alpha value is -3.24. The summed E-state index contributed by atoms with van der Waals surface area (Å²) in [5.74, 6) is 6.44. The summed E-state index contributed by atoms with van der Waals surface area (Å²) >= 11 is 0. The van der Waals surface area contributed by atoms with E-state index in [1.807, 2.05) is 39.8 Å². The molecule has 470 valence electrons. The number of benzene rings is 3. The summed E-state index contributed by atoms with van der Waals surface area (Å²) in [6, 6.07) is 18.9. The summed E-state index contributed by atoms with van der Waals surface area (Å²) in [5.41, 5.74) is 9.19. The van der Waals surface area contributed by atoms with E-state index in [0.29, 0.717) is 35.2 Å². The van der Waals surface area contributed by atoms with Crippen molar-refractivity contribution >= 4 is 0 Å². The SMILES string of the molecule is CC1=CCC(C)CC1.CC1=CC[C@H](C)CC1.CC1CCC(C)CC1.CC1CC[C@@H](C)CO1.CC1CC[C@@H](C)OC1.CC1COC(C)OC1.CC1COC(C)OC1.Cc1ccc(C)c(F)c1.Cc1ccc(C)c(F)c1.Cc1ccc(C)cc1. The van der Waals surface area contributed by atoms with Gasteiger partial charge in [0.05, 0.1) is 38.6 Å². The van der Waals surface area contributed by atoms with Crippen LogP contribution in [0.2, 0.25) is 0 Å². The molecule has 0 radical (unpaired) electrons. The highest BCUT2D eigenvalue weighted by molar-refractivity contribution is 5.23. The lowest BCUT2D eigenvalue weighted by molar-refractivity contribution is -0.187. The van der Waals surface area contributed by atoms with Gasteiger partial charge < -0.3 is 28.4 Å². The molecule has 7 aliphatic rings. The Morgan fingerprint density at radius 2 is 0.585 bits per heavy atom. The van der Waals surface area contributed by atoms with Crippen LogP contribution >= 0.6 is 0 Å². The summed E-state index contributed by atoms with van der Waals surface area (Å²) in [5, 5.41) is 0. The molecule has 3 unspecified atom stereocenters. The predicted octanol–water partition coefficient (Wildman–Crippen LogP) is 21.2. The molecule has 5 fully saturated rings. The van der Waals surface area contributed by atoms with Gasteiger partial charge in [-0.15, -0.1) is 0 Å². The third-order valence-corrected chi connectivity index (χ3v) is 15.9. The standard InChI is InChI=1S/2C8H9F.C8H16.2C8H14.C8H10.2C7H14O.2C6H12O2/c2*1-6-3-4-7(2)8(9)5-6;4*1-7-3-5-8(2)6-4-7;2*1-6-3-4-7(2)8-5-6;2*1-5-3-7-6(2)8-4-5/h2*3-5H,1-2H3;7-8H,3-6H2,1-2H3;2*3,8H,4-6H2,1-2H3;3-6H,1-2H3;2*6-7H,3-5H2,1-2H3;2*5-6H,3-4H2,1-2H3/t;;;8-;;;6?,7-;6-,7?;;/m...0..11../s1. The molecule has 6 nitrogen and oxygen atoms in total. The lowest BCUT2D eigenvalue weighted by Crippen LogP contribution is -2.27. The molecule has 10 rings (SSSR count). The Kier molecular flexibility index (Phi) is 42.3. The summed E-state index contributed by atoms with van der Waals surface area (Å²) in [4.78, 5) is 0. The van der Waals surface area contributed by atoms with Crippen molar-refractivity contribution in [2.24, 2.45) is 47.3 Å². The Labute approximate surface area is 504 Å². The van der Waals surface area contributed by atoms with Gasteiger partial charge >= 0.3 is 0 Å². The van der Waals surface area contributed by atoms with Crippen LogP contribution in [0.25, 0.3) is 0 Å². The molecule has 3 aliphatic carbocycles. The first kappa shape index (κ1) is 76.8. The molecule has 0 amide bonds. The fourth-order valence-electron chi connectivity index (χ4n) is 9.07. The number of rotatable bonds is 0. The number of hydrogen-bond acceptors (Lipinski definition) is 6. The molecule has 82 heavy (non-hydrogen) atoms. The zero-order valence-electron chi connectivity index (χ0n) is 56.2. The molecule has 0 spiro atoms. The summed E-state index contributed by atoms with van der Waals surface area (Å²) in [7, 11) is 0. The van der Waals surface area contributed by atoms with Crippen LogP contribution in [0.1, 0.15) is 220 Å². The zero-order chi connectivity index (χ0) is 61.6. The minimum Gasteiger partial charge on any atom is -0.378 e. The van der Waals surface area contributed by atoms with Crippen molar-refractivity contribution in [2.45, 2.75) is 253 Å². The molecule has 0 N–H and O–H groups in total. The second-order valence-electron chi connectivity index (χ2n) is 26.2. The third-order valence-electron chi connectivity index (χ3n) is 15.9. The number of allylic oxidation sites excluding steroid dienone is 4. The largest absolute Gasteiger partial charge is 0.378 e. The normalized spacial score (nSPS) is 28.2. The van der Waals surface area contributed by atoms with E-state index in [4.69, 9.17) is 28.4 Å². The van der Waals surface area contributed by atoms with Gasteiger partial charge in [0.25, 0.3) is 0 Å². The Morgan fingerprint density at radius 3 is 0.793 bits per heavy atom. The molecule has 3 aromatic rings. The predicted molar refractivity (Wildman–Crippen MR) is 347 cm³/mol. The fraction of sp³-hybridized carbons (Fsp3) is 0.703. The minimum atomic E-state index is -0.116. The van der Waals surface area contributed by atoms with Crippen molar-refractivity contribution in [2.75, 3.05) is 39.6 Å². The van der Waals surface area contributed by atoms with E-state index in [-0.39, 0.29) is 24.2 Å². The number of ether oxygens (including phenoxy) is 6. The van der Waals surface area contributed by atoms with Gasteiger partial charge in [-0.25, -0.2) is 8.78 Å². The summed E-state index contributed by atoms with van der Waals surface area (Å²) in [6.45, 7) is 47.5. The van der Waals surface area contributed by atoms with Crippen molar-refractivity contribution in [3.05, 3.63) is 129 Å². The van der Waals surface area contributed by atoms with E-state index in [9.17, 15) is 8.78 Å². The zero-order valence-corrected chi connectivity index (χ0v) is 56.2. The smallest absolute Gasteiger partial charge is 0.154 e. The number of hydrogen-bond donors (Lipinski definition) is 0. The van der Waals surface area contributed by atoms with Crippen molar-refractivity contribution in [3.63, 3.8) is 0 Å². The average Bonchev–Trinajstić information content (AvgIpc) is 3.45. The van der Waals surface area contributed by atoms with E-state index in [0.717, 1.165) is 86.3 Å². The topological polar surface area (TPSA) is 55.4 Å². The first-order valence-corrected chi connectivity index (χ1v) is 32.2. The highest BCUT2D eigenvalue weighted by Gasteiger charge is 2.17. The first-order chi connectivity index (χ1) is 38.7. The number of halogens is 2. The van der Waals surface area contributed by atoms with E-state index >= 15 is 0 Å². The van der Waals surface area contributed by atoms with Crippen LogP contribution in [0, 0.1) is 101 Å². The van der Waals surface area contributed by atoms with E-state index in [1.165, 1.54) is 113 Å².